The fourth-order valence-corrected chi connectivity index (χ4v) is 1.33. The molecule has 1 rings (SSSR count). The van der Waals surface area contributed by atoms with E-state index in [9.17, 15) is 9.18 Å². The molecule has 0 atom stereocenters. The predicted octanol–water partition coefficient (Wildman–Crippen LogP) is 3.39. The summed E-state index contributed by atoms with van der Waals surface area (Å²) in [4.78, 5) is 11.0. The van der Waals surface area contributed by atoms with E-state index in [0.717, 1.165) is 0 Å². The van der Waals surface area contributed by atoms with Gasteiger partial charge in [-0.3, -0.25) is 4.79 Å². The summed E-state index contributed by atoms with van der Waals surface area (Å²) >= 11 is 5.60. The molecule has 0 amide bonds. The summed E-state index contributed by atoms with van der Waals surface area (Å²) < 4.78 is 13.2. The lowest BCUT2D eigenvalue weighted by atomic mass is 10.1. The van der Waals surface area contributed by atoms with Crippen LogP contribution in [0.25, 0.3) is 0 Å². The van der Waals surface area contributed by atoms with Crippen molar-refractivity contribution in [3.8, 4) is 0 Å². The largest absolute Gasteiger partial charge is 0.300 e. The van der Waals surface area contributed by atoms with E-state index in [1.165, 1.54) is 6.07 Å². The third-order valence-electron chi connectivity index (χ3n) is 2.08. The summed E-state index contributed by atoms with van der Waals surface area (Å²) in [6.07, 6.45) is 1.36. The van der Waals surface area contributed by atoms with Crippen LogP contribution in [0, 0.1) is 5.82 Å². The first-order chi connectivity index (χ1) is 6.63. The normalized spacial score (nSPS) is 10.2. The van der Waals surface area contributed by atoms with Gasteiger partial charge in [0.05, 0.1) is 0 Å². The zero-order valence-corrected chi connectivity index (χ0v) is 8.77. The van der Waals surface area contributed by atoms with Gasteiger partial charge in [0.15, 0.2) is 0 Å². The molecule has 0 unspecified atom stereocenters. The van der Waals surface area contributed by atoms with Crippen LogP contribution in [0.2, 0.25) is 5.02 Å². The monoisotopic (exact) mass is 214 g/mol. The van der Waals surface area contributed by atoms with Crippen LogP contribution in [0.5, 0.6) is 0 Å². The lowest BCUT2D eigenvalue weighted by Crippen LogP contribution is -1.99. The van der Waals surface area contributed by atoms with Gasteiger partial charge in [0.1, 0.15) is 11.6 Å². The average Bonchev–Trinajstić information content (AvgIpc) is 2.16. The van der Waals surface area contributed by atoms with Crippen molar-refractivity contribution in [1.82, 2.24) is 0 Å². The summed E-state index contributed by atoms with van der Waals surface area (Å²) in [6.45, 7) is 1.81. The molecular formula is C11H12ClFO. The standard InChI is InChI=1S/C11H12ClFO/c1-2-10(14)6-4-8-3-5-9(12)7-11(8)13/h3,5,7H,2,4,6H2,1H3. The number of benzene rings is 1. The molecule has 76 valence electrons. The number of Topliss-reactive ketones (excluding diaryl/α,β-unsaturated/α-hetero) is 1. The van der Waals surface area contributed by atoms with Gasteiger partial charge in [0, 0.05) is 17.9 Å². The molecule has 0 saturated carbocycles. The summed E-state index contributed by atoms with van der Waals surface area (Å²) in [5, 5.41) is 0.382. The van der Waals surface area contributed by atoms with E-state index in [1.807, 2.05) is 0 Å². The molecule has 14 heavy (non-hydrogen) atoms. The van der Waals surface area contributed by atoms with E-state index in [2.05, 4.69) is 0 Å². The first-order valence-electron chi connectivity index (χ1n) is 4.59. The Balaban J connectivity index is 2.63. The molecular weight excluding hydrogens is 203 g/mol. The van der Waals surface area contributed by atoms with E-state index in [4.69, 9.17) is 11.6 Å². The highest BCUT2D eigenvalue weighted by molar-refractivity contribution is 6.30. The second-order valence-electron chi connectivity index (χ2n) is 3.13. The van der Waals surface area contributed by atoms with E-state index in [1.54, 1.807) is 19.1 Å². The zero-order valence-electron chi connectivity index (χ0n) is 8.02. The van der Waals surface area contributed by atoms with Gasteiger partial charge in [-0.1, -0.05) is 24.6 Å². The van der Waals surface area contributed by atoms with Crippen molar-refractivity contribution in [2.45, 2.75) is 26.2 Å². The maximum absolute atomic E-state index is 13.2. The van der Waals surface area contributed by atoms with Crippen molar-refractivity contribution >= 4 is 17.4 Å². The van der Waals surface area contributed by atoms with Crippen LogP contribution in [0.1, 0.15) is 25.3 Å². The van der Waals surface area contributed by atoms with E-state index in [-0.39, 0.29) is 11.6 Å². The minimum Gasteiger partial charge on any atom is -0.300 e. The minimum atomic E-state index is -0.332. The van der Waals surface area contributed by atoms with Crippen LogP contribution in [0.3, 0.4) is 0 Å². The Labute approximate surface area is 87.9 Å². The molecule has 0 aromatic heterocycles. The van der Waals surface area contributed by atoms with Crippen LogP contribution in [-0.2, 0) is 11.2 Å². The smallest absolute Gasteiger partial charge is 0.132 e. The number of ketones is 1. The molecule has 1 nitrogen and oxygen atoms in total. The number of rotatable bonds is 4. The molecule has 0 aliphatic carbocycles. The highest BCUT2D eigenvalue weighted by Gasteiger charge is 2.05. The minimum absolute atomic E-state index is 0.152. The van der Waals surface area contributed by atoms with Gasteiger partial charge in [-0.2, -0.15) is 0 Å². The van der Waals surface area contributed by atoms with Gasteiger partial charge in [0.25, 0.3) is 0 Å². The molecule has 0 heterocycles. The van der Waals surface area contributed by atoms with Gasteiger partial charge in [-0.05, 0) is 24.1 Å². The Morgan fingerprint density at radius 2 is 2.21 bits per heavy atom. The molecule has 1 aromatic carbocycles. The average molecular weight is 215 g/mol. The Morgan fingerprint density at radius 3 is 2.79 bits per heavy atom. The first-order valence-corrected chi connectivity index (χ1v) is 4.97. The summed E-state index contributed by atoms with van der Waals surface area (Å²) in [5.41, 5.74) is 0.552. The quantitative estimate of drug-likeness (QED) is 0.751. The second kappa shape index (κ2) is 5.11. The van der Waals surface area contributed by atoms with Gasteiger partial charge in [0.2, 0.25) is 0 Å². The van der Waals surface area contributed by atoms with Crippen molar-refractivity contribution in [2.24, 2.45) is 0 Å². The molecule has 0 fully saturated rings. The Hall–Kier alpha value is -0.890. The third-order valence-corrected chi connectivity index (χ3v) is 2.32. The molecule has 0 saturated heterocycles. The molecule has 0 aliphatic rings. The van der Waals surface area contributed by atoms with E-state index in [0.29, 0.717) is 29.8 Å². The van der Waals surface area contributed by atoms with Crippen LogP contribution >= 0.6 is 11.6 Å². The van der Waals surface area contributed by atoms with Crippen LogP contribution in [0.15, 0.2) is 18.2 Å². The molecule has 0 N–H and O–H groups in total. The molecule has 1 aromatic rings. The Kier molecular flexibility index (Phi) is 4.08. The van der Waals surface area contributed by atoms with Gasteiger partial charge in [-0.25, -0.2) is 4.39 Å². The first kappa shape index (κ1) is 11.2. The Bertz CT molecular complexity index is 336. The van der Waals surface area contributed by atoms with Crippen molar-refractivity contribution in [3.63, 3.8) is 0 Å². The van der Waals surface area contributed by atoms with Gasteiger partial charge < -0.3 is 0 Å². The number of hydrogen-bond acceptors (Lipinski definition) is 1. The summed E-state index contributed by atoms with van der Waals surface area (Å²) in [7, 11) is 0. The fraction of sp³-hybridized carbons (Fsp3) is 0.364. The van der Waals surface area contributed by atoms with Crippen molar-refractivity contribution in [1.29, 1.82) is 0 Å². The zero-order chi connectivity index (χ0) is 10.6. The molecule has 0 aliphatic heterocycles. The Morgan fingerprint density at radius 1 is 1.50 bits per heavy atom. The maximum Gasteiger partial charge on any atom is 0.132 e. The maximum atomic E-state index is 13.2. The lowest BCUT2D eigenvalue weighted by molar-refractivity contribution is -0.118. The number of aryl methyl sites for hydroxylation is 1. The van der Waals surface area contributed by atoms with Gasteiger partial charge >= 0.3 is 0 Å². The lowest BCUT2D eigenvalue weighted by Gasteiger charge is -2.02. The number of carbonyl (C=O) groups excluding carboxylic acids is 1. The molecule has 0 radical (unpaired) electrons. The topological polar surface area (TPSA) is 17.1 Å². The van der Waals surface area contributed by atoms with Crippen LogP contribution in [-0.4, -0.2) is 5.78 Å². The van der Waals surface area contributed by atoms with Gasteiger partial charge in [-0.15, -0.1) is 0 Å². The molecule has 0 bridgehead atoms. The SMILES string of the molecule is CCC(=O)CCc1ccc(Cl)cc1F. The van der Waals surface area contributed by atoms with E-state index >= 15 is 0 Å². The summed E-state index contributed by atoms with van der Waals surface area (Å²) in [5.74, 6) is -0.180. The fourth-order valence-electron chi connectivity index (χ4n) is 1.18. The third kappa shape index (κ3) is 3.11. The van der Waals surface area contributed by atoms with Crippen molar-refractivity contribution in [3.05, 3.63) is 34.6 Å². The summed E-state index contributed by atoms with van der Waals surface area (Å²) in [6, 6.07) is 4.53. The number of halogens is 2. The second-order valence-corrected chi connectivity index (χ2v) is 3.56. The molecule has 3 heteroatoms. The van der Waals surface area contributed by atoms with E-state index < -0.39 is 0 Å². The highest BCUT2D eigenvalue weighted by atomic mass is 35.5. The molecule has 0 spiro atoms. The van der Waals surface area contributed by atoms with Crippen molar-refractivity contribution < 1.29 is 9.18 Å². The van der Waals surface area contributed by atoms with Crippen LogP contribution < -0.4 is 0 Å². The number of hydrogen-bond donors (Lipinski definition) is 0. The highest BCUT2D eigenvalue weighted by Crippen LogP contribution is 2.16. The van der Waals surface area contributed by atoms with Crippen molar-refractivity contribution in [2.75, 3.05) is 0 Å². The predicted molar refractivity (Wildman–Crippen MR) is 55.0 cm³/mol. The number of carbonyl (C=O) groups is 1. The van der Waals surface area contributed by atoms with Crippen LogP contribution in [0.4, 0.5) is 4.39 Å².